The highest BCUT2D eigenvalue weighted by Gasteiger charge is 2.30. The topological polar surface area (TPSA) is 60.9 Å². The monoisotopic (exact) mass is 235 g/mol. The molecule has 0 aliphatic heterocycles. The Morgan fingerprint density at radius 1 is 1.59 bits per heavy atom. The van der Waals surface area contributed by atoms with Crippen LogP contribution in [0.3, 0.4) is 0 Å². The predicted molar refractivity (Wildman–Crippen MR) is 66.7 cm³/mol. The fourth-order valence-corrected chi connectivity index (χ4v) is 2.71. The molecule has 17 heavy (non-hydrogen) atoms. The van der Waals surface area contributed by atoms with Crippen molar-refractivity contribution >= 4 is 5.78 Å². The summed E-state index contributed by atoms with van der Waals surface area (Å²) in [6.07, 6.45) is 3.51. The lowest BCUT2D eigenvalue weighted by Crippen LogP contribution is -2.31. The van der Waals surface area contributed by atoms with E-state index in [0.717, 1.165) is 37.2 Å². The van der Waals surface area contributed by atoms with Crippen molar-refractivity contribution in [3.05, 3.63) is 17.5 Å². The molecule has 0 saturated heterocycles. The molecule has 0 bridgehead atoms. The van der Waals surface area contributed by atoms with Crippen molar-refractivity contribution in [2.45, 2.75) is 52.1 Å². The number of aromatic nitrogens is 2. The fourth-order valence-electron chi connectivity index (χ4n) is 2.71. The van der Waals surface area contributed by atoms with Crippen LogP contribution in [0.2, 0.25) is 0 Å². The Morgan fingerprint density at radius 2 is 2.35 bits per heavy atom. The number of nitrogens with two attached hydrogens (primary N) is 1. The van der Waals surface area contributed by atoms with Gasteiger partial charge >= 0.3 is 0 Å². The van der Waals surface area contributed by atoms with Crippen molar-refractivity contribution in [3.63, 3.8) is 0 Å². The maximum Gasteiger partial charge on any atom is 0.143 e. The minimum atomic E-state index is 0.0653. The number of nitrogens with zero attached hydrogens (tertiary/aromatic N) is 2. The lowest BCUT2D eigenvalue weighted by molar-refractivity contribution is -0.122. The lowest BCUT2D eigenvalue weighted by Gasteiger charge is -2.14. The Kier molecular flexibility index (Phi) is 3.62. The molecule has 1 fully saturated rings. The normalized spacial score (nSPS) is 24.2. The third kappa shape index (κ3) is 2.57. The molecule has 1 saturated carbocycles. The Bertz CT molecular complexity index is 411. The predicted octanol–water partition coefficient (Wildman–Crippen LogP) is 1.45. The first-order valence-electron chi connectivity index (χ1n) is 6.43. The van der Waals surface area contributed by atoms with Crippen molar-refractivity contribution in [3.8, 4) is 0 Å². The molecule has 4 heteroatoms. The maximum absolute atomic E-state index is 12.2. The van der Waals surface area contributed by atoms with Crippen molar-refractivity contribution in [2.75, 3.05) is 0 Å². The number of hydrogen-bond donors (Lipinski definition) is 1. The lowest BCUT2D eigenvalue weighted by atomic mass is 9.95. The number of ketones is 1. The highest BCUT2D eigenvalue weighted by Crippen LogP contribution is 2.26. The van der Waals surface area contributed by atoms with Gasteiger partial charge in [-0.25, -0.2) is 0 Å². The van der Waals surface area contributed by atoms with E-state index >= 15 is 0 Å². The van der Waals surface area contributed by atoms with E-state index in [-0.39, 0.29) is 17.7 Å². The molecule has 1 aromatic rings. The Balaban J connectivity index is 2.07. The summed E-state index contributed by atoms with van der Waals surface area (Å²) in [7, 11) is 0. The fraction of sp³-hybridized carbons (Fsp3) is 0.692. The quantitative estimate of drug-likeness (QED) is 0.859. The molecule has 1 aliphatic rings. The number of carbonyl (C=O) groups excluding carboxylic acids is 1. The molecule has 1 heterocycles. The van der Waals surface area contributed by atoms with Gasteiger partial charge < -0.3 is 5.73 Å². The standard InChI is InChI=1S/C13H21N3O/c1-3-16-10(7-9(2)15-16)8-13(17)11-5-4-6-12(11)14/h7,11-12H,3-6,8,14H2,1-2H3. The van der Waals surface area contributed by atoms with Gasteiger partial charge in [0.1, 0.15) is 5.78 Å². The molecule has 94 valence electrons. The van der Waals surface area contributed by atoms with E-state index in [2.05, 4.69) is 5.10 Å². The SMILES string of the molecule is CCn1nc(C)cc1CC(=O)C1CCCC1N. The first kappa shape index (κ1) is 12.3. The third-order valence-corrected chi connectivity index (χ3v) is 3.62. The van der Waals surface area contributed by atoms with Gasteiger partial charge in [-0.15, -0.1) is 0 Å². The Labute approximate surface area is 102 Å². The van der Waals surface area contributed by atoms with Crippen LogP contribution in [0.4, 0.5) is 0 Å². The van der Waals surface area contributed by atoms with Crippen molar-refractivity contribution < 1.29 is 4.79 Å². The molecule has 0 amide bonds. The second-order valence-corrected chi connectivity index (χ2v) is 4.94. The highest BCUT2D eigenvalue weighted by atomic mass is 16.1. The molecule has 2 unspecified atom stereocenters. The average Bonchev–Trinajstić information content (AvgIpc) is 2.84. The van der Waals surface area contributed by atoms with Crippen molar-refractivity contribution in [1.29, 1.82) is 0 Å². The number of carbonyl (C=O) groups is 1. The van der Waals surface area contributed by atoms with E-state index in [0.29, 0.717) is 6.42 Å². The van der Waals surface area contributed by atoms with Crippen LogP contribution in [0, 0.1) is 12.8 Å². The minimum Gasteiger partial charge on any atom is -0.327 e. The molecule has 2 N–H and O–H groups in total. The molecule has 0 aromatic carbocycles. The zero-order valence-corrected chi connectivity index (χ0v) is 10.6. The molecule has 4 nitrogen and oxygen atoms in total. The zero-order valence-electron chi connectivity index (χ0n) is 10.6. The van der Waals surface area contributed by atoms with Crippen LogP contribution in [-0.4, -0.2) is 21.6 Å². The van der Waals surface area contributed by atoms with E-state index in [1.54, 1.807) is 0 Å². The number of hydrogen-bond acceptors (Lipinski definition) is 3. The van der Waals surface area contributed by atoms with Gasteiger partial charge in [0.25, 0.3) is 0 Å². The first-order valence-corrected chi connectivity index (χ1v) is 6.43. The number of aryl methyl sites for hydroxylation is 2. The molecular formula is C13H21N3O. The number of Topliss-reactive ketones (excluding diaryl/α,β-unsaturated/α-hetero) is 1. The smallest absolute Gasteiger partial charge is 0.143 e. The van der Waals surface area contributed by atoms with Gasteiger partial charge in [0.2, 0.25) is 0 Å². The van der Waals surface area contributed by atoms with E-state index in [1.165, 1.54) is 0 Å². The first-order chi connectivity index (χ1) is 8.11. The number of rotatable bonds is 4. The van der Waals surface area contributed by atoms with Gasteiger partial charge in [-0.3, -0.25) is 9.48 Å². The summed E-state index contributed by atoms with van der Waals surface area (Å²) in [4.78, 5) is 12.2. The minimum absolute atomic E-state index is 0.0653. The second-order valence-electron chi connectivity index (χ2n) is 4.94. The van der Waals surface area contributed by atoms with E-state index in [1.807, 2.05) is 24.6 Å². The molecule has 1 aliphatic carbocycles. The van der Waals surface area contributed by atoms with Crippen molar-refractivity contribution in [1.82, 2.24) is 9.78 Å². The van der Waals surface area contributed by atoms with Gasteiger partial charge in [0.15, 0.2) is 0 Å². The van der Waals surface area contributed by atoms with Gasteiger partial charge in [-0.1, -0.05) is 6.42 Å². The van der Waals surface area contributed by atoms with Crippen molar-refractivity contribution in [2.24, 2.45) is 11.7 Å². The summed E-state index contributed by atoms with van der Waals surface area (Å²) in [5.74, 6) is 0.347. The van der Waals surface area contributed by atoms with E-state index < -0.39 is 0 Å². The van der Waals surface area contributed by atoms with Crippen LogP contribution in [0.1, 0.15) is 37.6 Å². The average molecular weight is 235 g/mol. The van der Waals surface area contributed by atoms with E-state index in [4.69, 9.17) is 5.73 Å². The third-order valence-electron chi connectivity index (χ3n) is 3.62. The second kappa shape index (κ2) is 5.00. The molecule has 2 atom stereocenters. The van der Waals surface area contributed by atoms with Crippen LogP contribution in [0.5, 0.6) is 0 Å². The summed E-state index contributed by atoms with van der Waals surface area (Å²) in [5, 5.41) is 4.36. The highest BCUT2D eigenvalue weighted by molar-refractivity contribution is 5.83. The Morgan fingerprint density at radius 3 is 2.94 bits per heavy atom. The molecule has 0 spiro atoms. The summed E-state index contributed by atoms with van der Waals surface area (Å²) in [6, 6.07) is 2.07. The molecule has 0 radical (unpaired) electrons. The van der Waals surface area contributed by atoms with Crippen LogP contribution >= 0.6 is 0 Å². The Hall–Kier alpha value is -1.16. The van der Waals surface area contributed by atoms with Gasteiger partial charge in [-0.05, 0) is 32.8 Å². The van der Waals surface area contributed by atoms with Crippen LogP contribution in [-0.2, 0) is 17.8 Å². The summed E-state index contributed by atoms with van der Waals surface area (Å²) in [6.45, 7) is 4.82. The maximum atomic E-state index is 12.2. The molecular weight excluding hydrogens is 214 g/mol. The summed E-state index contributed by atoms with van der Waals surface area (Å²) < 4.78 is 1.91. The van der Waals surface area contributed by atoms with Crippen LogP contribution in [0.25, 0.3) is 0 Å². The van der Waals surface area contributed by atoms with Gasteiger partial charge in [0.05, 0.1) is 5.69 Å². The molecule has 1 aromatic heterocycles. The van der Waals surface area contributed by atoms with Crippen LogP contribution in [0.15, 0.2) is 6.07 Å². The largest absolute Gasteiger partial charge is 0.327 e. The van der Waals surface area contributed by atoms with Gasteiger partial charge in [0, 0.05) is 30.6 Å². The zero-order chi connectivity index (χ0) is 12.4. The summed E-state index contributed by atoms with van der Waals surface area (Å²) in [5.41, 5.74) is 7.97. The summed E-state index contributed by atoms with van der Waals surface area (Å²) >= 11 is 0. The van der Waals surface area contributed by atoms with Gasteiger partial charge in [-0.2, -0.15) is 5.10 Å². The van der Waals surface area contributed by atoms with Crippen LogP contribution < -0.4 is 5.73 Å². The van der Waals surface area contributed by atoms with E-state index in [9.17, 15) is 4.79 Å². The molecule has 2 rings (SSSR count).